The van der Waals surface area contributed by atoms with E-state index in [4.69, 9.17) is 13.3 Å². The molecule has 15 heavy (non-hydrogen) atoms. The number of hydrogen-bond acceptors (Lipinski definition) is 3. The van der Waals surface area contributed by atoms with Gasteiger partial charge in [0.05, 0.1) is 6.61 Å². The van der Waals surface area contributed by atoms with Gasteiger partial charge in [-0.2, -0.15) is 0 Å². The molecule has 0 spiro atoms. The van der Waals surface area contributed by atoms with Gasteiger partial charge in [0.25, 0.3) is 0 Å². The lowest BCUT2D eigenvalue weighted by Crippen LogP contribution is -2.51. The summed E-state index contributed by atoms with van der Waals surface area (Å²) in [4.78, 5) is 0. The maximum Gasteiger partial charge on any atom is 0.187 e. The van der Waals surface area contributed by atoms with Crippen molar-refractivity contribution >= 4 is 27.1 Å². The Labute approximate surface area is 99.3 Å². The molecule has 0 rings (SSSR count). The first kappa shape index (κ1) is 15.5. The molecule has 0 radical (unpaired) electrons. The lowest BCUT2D eigenvalue weighted by molar-refractivity contribution is -0.135. The lowest BCUT2D eigenvalue weighted by atomic mass is 10.4. The molecular weight excluding hydrogens is 240 g/mol. The highest BCUT2D eigenvalue weighted by atomic mass is 28.4. The van der Waals surface area contributed by atoms with E-state index in [1.807, 2.05) is 6.92 Å². The molecule has 0 saturated carbocycles. The quantitative estimate of drug-likeness (QED) is 0.541. The average molecular weight is 267 g/mol. The second-order valence-corrected chi connectivity index (χ2v) is 15.4. The number of hydrogen-bond donors (Lipinski definition) is 0. The minimum atomic E-state index is -1.60. The molecule has 0 aliphatic heterocycles. The summed E-state index contributed by atoms with van der Waals surface area (Å²) in [7, 11) is -2.47. The molecule has 0 aromatic rings. The SMILES string of the molecule is CC(CO[SiH3])(O[Si](C)(C)C)O[Si](C)(C)C. The lowest BCUT2D eigenvalue weighted by Gasteiger charge is -2.40. The largest absolute Gasteiger partial charge is 0.423 e. The van der Waals surface area contributed by atoms with E-state index in [1.165, 1.54) is 0 Å². The van der Waals surface area contributed by atoms with Crippen LogP contribution >= 0.6 is 0 Å². The standard InChI is InChI=1S/C9H26O3Si3/c1-9(8-10-13,11-14(2,3)4)12-15(5,6)7/h8H2,1-7,13H3. The van der Waals surface area contributed by atoms with Crippen LogP contribution in [0.25, 0.3) is 0 Å². The van der Waals surface area contributed by atoms with Crippen molar-refractivity contribution in [2.45, 2.75) is 52.0 Å². The van der Waals surface area contributed by atoms with Crippen molar-refractivity contribution in [3.8, 4) is 0 Å². The van der Waals surface area contributed by atoms with Gasteiger partial charge in [-0.15, -0.1) is 0 Å². The fraction of sp³-hybridized carbons (Fsp3) is 1.00. The van der Waals surface area contributed by atoms with Crippen molar-refractivity contribution in [1.82, 2.24) is 0 Å². The molecule has 6 heteroatoms. The van der Waals surface area contributed by atoms with Gasteiger partial charge < -0.3 is 13.3 Å². The highest BCUT2D eigenvalue weighted by Gasteiger charge is 2.36. The van der Waals surface area contributed by atoms with Crippen LogP contribution in [0.1, 0.15) is 6.92 Å². The average Bonchev–Trinajstić information content (AvgIpc) is 1.74. The molecule has 0 aliphatic rings. The van der Waals surface area contributed by atoms with E-state index >= 15 is 0 Å². The summed E-state index contributed by atoms with van der Waals surface area (Å²) in [6, 6.07) is 0. The van der Waals surface area contributed by atoms with Gasteiger partial charge in [-0.1, -0.05) is 0 Å². The molecule has 0 fully saturated rings. The van der Waals surface area contributed by atoms with E-state index < -0.39 is 22.4 Å². The third-order valence-corrected chi connectivity index (χ3v) is 3.83. The van der Waals surface area contributed by atoms with Crippen molar-refractivity contribution in [2.24, 2.45) is 0 Å². The predicted octanol–water partition coefficient (Wildman–Crippen LogP) is 1.70. The van der Waals surface area contributed by atoms with Crippen LogP contribution in [-0.4, -0.2) is 39.5 Å². The highest BCUT2D eigenvalue weighted by molar-refractivity contribution is 6.71. The van der Waals surface area contributed by atoms with Gasteiger partial charge >= 0.3 is 0 Å². The van der Waals surface area contributed by atoms with E-state index in [1.54, 1.807) is 0 Å². The van der Waals surface area contributed by atoms with E-state index in [0.717, 1.165) is 10.5 Å². The minimum absolute atomic E-state index is 0.545. The van der Waals surface area contributed by atoms with E-state index in [0.29, 0.717) is 6.61 Å². The Morgan fingerprint density at radius 1 is 0.933 bits per heavy atom. The Kier molecular flexibility index (Phi) is 5.43. The fourth-order valence-electron chi connectivity index (χ4n) is 1.64. The van der Waals surface area contributed by atoms with Crippen LogP contribution in [0.4, 0.5) is 0 Å². The predicted molar refractivity (Wildman–Crippen MR) is 73.2 cm³/mol. The first-order chi connectivity index (χ1) is 6.47. The molecule has 0 N–H and O–H groups in total. The van der Waals surface area contributed by atoms with Crippen molar-refractivity contribution in [3.05, 3.63) is 0 Å². The normalized spacial score (nSPS) is 14.6. The summed E-state index contributed by atoms with van der Waals surface area (Å²) in [6.07, 6.45) is 0. The molecule has 0 saturated heterocycles. The van der Waals surface area contributed by atoms with E-state index in [2.05, 4.69) is 39.3 Å². The Morgan fingerprint density at radius 2 is 1.27 bits per heavy atom. The van der Waals surface area contributed by atoms with Gasteiger partial charge in [0.2, 0.25) is 0 Å². The van der Waals surface area contributed by atoms with Crippen molar-refractivity contribution in [1.29, 1.82) is 0 Å². The monoisotopic (exact) mass is 266 g/mol. The molecule has 0 heterocycles. The molecule has 3 nitrogen and oxygen atoms in total. The first-order valence-electron chi connectivity index (χ1n) is 5.37. The van der Waals surface area contributed by atoms with Gasteiger partial charge in [-0.3, -0.25) is 0 Å². The van der Waals surface area contributed by atoms with Gasteiger partial charge in [0.1, 0.15) is 10.5 Å². The van der Waals surface area contributed by atoms with Crippen LogP contribution in [0.2, 0.25) is 39.3 Å². The van der Waals surface area contributed by atoms with E-state index in [9.17, 15) is 0 Å². The highest BCUT2D eigenvalue weighted by Crippen LogP contribution is 2.24. The van der Waals surface area contributed by atoms with Crippen LogP contribution in [0, 0.1) is 0 Å². The van der Waals surface area contributed by atoms with Crippen molar-refractivity contribution in [2.75, 3.05) is 6.61 Å². The smallest absolute Gasteiger partial charge is 0.187 e. The maximum absolute atomic E-state index is 6.09. The minimum Gasteiger partial charge on any atom is -0.423 e. The van der Waals surface area contributed by atoms with Gasteiger partial charge in [-0.25, -0.2) is 0 Å². The molecule has 0 aliphatic carbocycles. The van der Waals surface area contributed by atoms with Crippen LogP contribution in [0.5, 0.6) is 0 Å². The zero-order valence-corrected chi connectivity index (χ0v) is 15.4. The Bertz CT molecular complexity index is 180. The van der Waals surface area contributed by atoms with Gasteiger partial charge in [-0.05, 0) is 46.2 Å². The summed E-state index contributed by atoms with van der Waals surface area (Å²) in [5.41, 5.74) is 0. The van der Waals surface area contributed by atoms with Gasteiger partial charge in [0, 0.05) is 0 Å². The molecule has 0 bridgehead atoms. The molecule has 92 valence electrons. The summed E-state index contributed by atoms with van der Waals surface area (Å²) >= 11 is 0. The Balaban J connectivity index is 4.59. The molecule has 0 unspecified atom stereocenters. The third kappa shape index (κ3) is 8.35. The molecule has 0 aromatic carbocycles. The van der Waals surface area contributed by atoms with Crippen LogP contribution in [0.15, 0.2) is 0 Å². The molecule has 0 atom stereocenters. The topological polar surface area (TPSA) is 27.7 Å². The van der Waals surface area contributed by atoms with Gasteiger partial charge in [0.15, 0.2) is 22.4 Å². The third-order valence-electron chi connectivity index (χ3n) is 1.45. The zero-order valence-electron chi connectivity index (χ0n) is 11.4. The molecule has 0 aromatic heterocycles. The summed E-state index contributed by atoms with van der Waals surface area (Å²) in [5, 5.41) is 0. The van der Waals surface area contributed by atoms with Crippen LogP contribution in [-0.2, 0) is 13.3 Å². The first-order valence-corrected chi connectivity index (χ1v) is 13.0. The van der Waals surface area contributed by atoms with Crippen molar-refractivity contribution < 1.29 is 13.3 Å². The summed E-state index contributed by atoms with van der Waals surface area (Å²) in [6.45, 7) is 15.6. The second-order valence-electron chi connectivity index (χ2n) is 6.00. The van der Waals surface area contributed by atoms with Crippen molar-refractivity contribution in [3.63, 3.8) is 0 Å². The number of rotatable bonds is 6. The fourth-order valence-corrected chi connectivity index (χ4v) is 5.04. The Hall–Kier alpha value is 0.531. The Morgan fingerprint density at radius 3 is 1.47 bits per heavy atom. The maximum atomic E-state index is 6.09. The van der Waals surface area contributed by atoms with E-state index in [-0.39, 0.29) is 0 Å². The zero-order chi connectivity index (χ0) is 12.3. The summed E-state index contributed by atoms with van der Waals surface area (Å²) < 4.78 is 17.5. The van der Waals surface area contributed by atoms with Crippen LogP contribution in [0.3, 0.4) is 0 Å². The summed E-state index contributed by atoms with van der Waals surface area (Å²) in [5.74, 6) is -0.545. The molecular formula is C9H26O3Si3. The second kappa shape index (κ2) is 5.24. The van der Waals surface area contributed by atoms with Crippen LogP contribution < -0.4 is 0 Å². The molecule has 0 amide bonds.